The van der Waals surface area contributed by atoms with E-state index in [0.29, 0.717) is 17.1 Å². The van der Waals surface area contributed by atoms with Crippen molar-refractivity contribution in [2.75, 3.05) is 0 Å². The monoisotopic (exact) mass is 347 g/mol. The summed E-state index contributed by atoms with van der Waals surface area (Å²) in [6.45, 7) is 0.146. The van der Waals surface area contributed by atoms with Crippen LogP contribution in [0.5, 0.6) is 0 Å². The van der Waals surface area contributed by atoms with Gasteiger partial charge in [0.25, 0.3) is 5.56 Å². The first-order valence-electron chi connectivity index (χ1n) is 7.73. The minimum Gasteiger partial charge on any atom is -0.337 e. The number of nitrogens with zero attached hydrogens (tertiary/aromatic N) is 4. The van der Waals surface area contributed by atoms with Crippen molar-refractivity contribution < 1.29 is 4.52 Å². The second kappa shape index (κ2) is 6.33. The van der Waals surface area contributed by atoms with Gasteiger partial charge in [0.1, 0.15) is 6.54 Å². The molecule has 4 rings (SSSR count). The fourth-order valence-electron chi connectivity index (χ4n) is 3.12. The van der Waals surface area contributed by atoms with Gasteiger partial charge in [-0.3, -0.25) is 4.79 Å². The molecule has 8 heteroatoms. The van der Waals surface area contributed by atoms with Crippen LogP contribution in [0.15, 0.2) is 39.8 Å². The third-order valence-corrected chi connectivity index (χ3v) is 4.46. The van der Waals surface area contributed by atoms with Crippen molar-refractivity contribution in [1.29, 1.82) is 0 Å². The van der Waals surface area contributed by atoms with Crippen LogP contribution in [0.2, 0.25) is 0 Å². The van der Waals surface area contributed by atoms with E-state index in [4.69, 9.17) is 10.3 Å². The SMILES string of the molecule is Cl.NC1(c2noc(Cn3ncc4ccccc4c3=O)n2)CCCC1. The minimum absolute atomic E-state index is 0. The summed E-state index contributed by atoms with van der Waals surface area (Å²) in [5, 5.41) is 9.61. The Morgan fingerprint density at radius 3 is 2.79 bits per heavy atom. The van der Waals surface area contributed by atoms with Gasteiger partial charge in [0.2, 0.25) is 5.89 Å². The van der Waals surface area contributed by atoms with Crippen molar-refractivity contribution in [2.45, 2.75) is 37.8 Å². The molecule has 1 aliphatic carbocycles. The molecule has 0 bridgehead atoms. The van der Waals surface area contributed by atoms with E-state index in [2.05, 4.69) is 15.2 Å². The Balaban J connectivity index is 0.00000169. The second-order valence-electron chi connectivity index (χ2n) is 6.07. The lowest BCUT2D eigenvalue weighted by Gasteiger charge is -2.17. The van der Waals surface area contributed by atoms with Gasteiger partial charge < -0.3 is 10.3 Å². The van der Waals surface area contributed by atoms with Crippen LogP contribution < -0.4 is 11.3 Å². The van der Waals surface area contributed by atoms with Gasteiger partial charge in [-0.25, -0.2) is 4.68 Å². The maximum absolute atomic E-state index is 12.4. The zero-order valence-corrected chi connectivity index (χ0v) is 13.8. The predicted molar refractivity (Wildman–Crippen MR) is 91.0 cm³/mol. The summed E-state index contributed by atoms with van der Waals surface area (Å²) in [6.07, 6.45) is 5.54. The van der Waals surface area contributed by atoms with Crippen molar-refractivity contribution in [1.82, 2.24) is 19.9 Å². The van der Waals surface area contributed by atoms with Crippen molar-refractivity contribution in [3.63, 3.8) is 0 Å². The molecule has 0 spiro atoms. The van der Waals surface area contributed by atoms with Gasteiger partial charge in [-0.15, -0.1) is 12.4 Å². The van der Waals surface area contributed by atoms with Crippen molar-refractivity contribution in [2.24, 2.45) is 5.73 Å². The van der Waals surface area contributed by atoms with E-state index in [1.165, 1.54) is 4.68 Å². The van der Waals surface area contributed by atoms with Crippen LogP contribution in [0.3, 0.4) is 0 Å². The lowest BCUT2D eigenvalue weighted by atomic mass is 9.99. The van der Waals surface area contributed by atoms with Gasteiger partial charge in [-0.05, 0) is 18.9 Å². The average Bonchev–Trinajstić information content (AvgIpc) is 3.21. The highest BCUT2D eigenvalue weighted by atomic mass is 35.5. The van der Waals surface area contributed by atoms with Gasteiger partial charge in [0.15, 0.2) is 5.82 Å². The largest absolute Gasteiger partial charge is 0.337 e. The molecule has 1 fully saturated rings. The highest BCUT2D eigenvalue weighted by Crippen LogP contribution is 2.34. The number of benzene rings is 1. The predicted octanol–water partition coefficient (Wildman–Crippen LogP) is 1.98. The molecule has 1 aliphatic rings. The third kappa shape index (κ3) is 2.81. The molecule has 2 aromatic heterocycles. The highest BCUT2D eigenvalue weighted by Gasteiger charge is 2.36. The quantitative estimate of drug-likeness (QED) is 0.777. The normalized spacial score (nSPS) is 16.2. The van der Waals surface area contributed by atoms with Gasteiger partial charge in [-0.1, -0.05) is 36.2 Å². The summed E-state index contributed by atoms with van der Waals surface area (Å²) in [6, 6.07) is 7.34. The Morgan fingerprint density at radius 1 is 1.25 bits per heavy atom. The first-order chi connectivity index (χ1) is 11.2. The molecule has 1 saturated carbocycles. The van der Waals surface area contributed by atoms with E-state index < -0.39 is 5.54 Å². The Labute approximate surface area is 144 Å². The topological polar surface area (TPSA) is 99.8 Å². The Hall–Kier alpha value is -2.25. The molecule has 7 nitrogen and oxygen atoms in total. The minimum atomic E-state index is -0.497. The van der Waals surface area contributed by atoms with E-state index in [1.807, 2.05) is 18.2 Å². The summed E-state index contributed by atoms with van der Waals surface area (Å²) in [5.41, 5.74) is 5.65. The van der Waals surface area contributed by atoms with E-state index in [-0.39, 0.29) is 24.5 Å². The molecule has 0 saturated heterocycles. The molecular weight excluding hydrogens is 330 g/mol. The summed E-state index contributed by atoms with van der Waals surface area (Å²) in [5.74, 6) is 0.875. The molecule has 2 heterocycles. The molecule has 24 heavy (non-hydrogen) atoms. The first-order valence-corrected chi connectivity index (χ1v) is 7.73. The molecule has 2 N–H and O–H groups in total. The van der Waals surface area contributed by atoms with Gasteiger partial charge in [-0.2, -0.15) is 10.1 Å². The molecule has 0 atom stereocenters. The second-order valence-corrected chi connectivity index (χ2v) is 6.07. The Bertz CT molecular complexity index is 914. The molecule has 0 aliphatic heterocycles. The van der Waals surface area contributed by atoms with Crippen LogP contribution >= 0.6 is 12.4 Å². The number of aromatic nitrogens is 4. The van der Waals surface area contributed by atoms with Crippen LogP contribution in [0, 0.1) is 0 Å². The third-order valence-electron chi connectivity index (χ3n) is 4.46. The van der Waals surface area contributed by atoms with Crippen LogP contribution in [-0.4, -0.2) is 19.9 Å². The van der Waals surface area contributed by atoms with Gasteiger partial charge >= 0.3 is 0 Å². The molecule has 3 aromatic rings. The summed E-state index contributed by atoms with van der Waals surface area (Å²) in [4.78, 5) is 16.8. The molecule has 126 valence electrons. The highest BCUT2D eigenvalue weighted by molar-refractivity contribution is 5.85. The summed E-state index contributed by atoms with van der Waals surface area (Å²) in [7, 11) is 0. The molecule has 1 aromatic carbocycles. The van der Waals surface area contributed by atoms with Crippen LogP contribution in [-0.2, 0) is 12.1 Å². The van der Waals surface area contributed by atoms with Crippen LogP contribution in [0.1, 0.15) is 37.4 Å². The number of rotatable bonds is 3. The van der Waals surface area contributed by atoms with E-state index in [0.717, 1.165) is 31.1 Å². The van der Waals surface area contributed by atoms with Crippen molar-refractivity contribution in [3.05, 3.63) is 52.5 Å². The first kappa shape index (κ1) is 16.6. The number of hydrogen-bond acceptors (Lipinski definition) is 6. The van der Waals surface area contributed by atoms with Gasteiger partial charge in [0.05, 0.1) is 17.1 Å². The van der Waals surface area contributed by atoms with Crippen LogP contribution in [0.4, 0.5) is 0 Å². The lowest BCUT2D eigenvalue weighted by molar-refractivity contribution is 0.340. The van der Waals surface area contributed by atoms with E-state index in [1.54, 1.807) is 12.3 Å². The Morgan fingerprint density at radius 2 is 2.00 bits per heavy atom. The summed E-state index contributed by atoms with van der Waals surface area (Å²) >= 11 is 0. The average molecular weight is 348 g/mol. The number of hydrogen-bond donors (Lipinski definition) is 1. The fourth-order valence-corrected chi connectivity index (χ4v) is 3.12. The zero-order chi connectivity index (χ0) is 15.9. The van der Waals surface area contributed by atoms with E-state index >= 15 is 0 Å². The zero-order valence-electron chi connectivity index (χ0n) is 13.0. The lowest BCUT2D eigenvalue weighted by Crippen LogP contribution is -2.34. The van der Waals surface area contributed by atoms with Crippen LogP contribution in [0.25, 0.3) is 10.8 Å². The standard InChI is InChI=1S/C16H17N5O2.ClH/c17-16(7-3-4-8-16)15-19-13(23-20-15)10-21-14(22)12-6-2-1-5-11(12)9-18-21;/h1-2,5-6,9H,3-4,7-8,10,17H2;1H. The molecule has 0 radical (unpaired) electrons. The Kier molecular flexibility index (Phi) is 4.38. The van der Waals surface area contributed by atoms with Crippen molar-refractivity contribution >= 4 is 23.2 Å². The number of fused-ring (bicyclic) bond motifs is 1. The molecule has 0 unspecified atom stereocenters. The smallest absolute Gasteiger partial charge is 0.275 e. The maximum Gasteiger partial charge on any atom is 0.275 e. The van der Waals surface area contributed by atoms with Gasteiger partial charge in [0, 0.05) is 5.39 Å². The number of halogens is 1. The van der Waals surface area contributed by atoms with E-state index in [9.17, 15) is 4.79 Å². The fraction of sp³-hybridized carbons (Fsp3) is 0.375. The number of nitrogens with two attached hydrogens (primary N) is 1. The summed E-state index contributed by atoms with van der Waals surface area (Å²) < 4.78 is 6.60. The molecular formula is C16H18ClN5O2. The molecule has 0 amide bonds. The van der Waals surface area contributed by atoms with Crippen molar-refractivity contribution in [3.8, 4) is 0 Å². The maximum atomic E-state index is 12.4.